The fourth-order valence-electron chi connectivity index (χ4n) is 3.80. The first kappa shape index (κ1) is 19.4. The van der Waals surface area contributed by atoms with Gasteiger partial charge in [-0.15, -0.1) is 0 Å². The van der Waals surface area contributed by atoms with Gasteiger partial charge in [0.1, 0.15) is 29.4 Å². The fourth-order valence-corrected chi connectivity index (χ4v) is 3.80. The molecule has 4 rings (SSSR count). The lowest BCUT2D eigenvalue weighted by molar-refractivity contribution is -0.117. The SMILES string of the molecule is CC(C)(F)C1(c2cc(CC(=O)Cc3ccc(-c4cncnc4)cc3F)co2)CC1. The molecule has 4 nitrogen and oxygen atoms in total. The van der Waals surface area contributed by atoms with Gasteiger partial charge in [0.2, 0.25) is 0 Å². The number of hydrogen-bond donors (Lipinski definition) is 0. The lowest BCUT2D eigenvalue weighted by Gasteiger charge is -2.24. The average Bonchev–Trinajstić information content (AvgIpc) is 3.39. The molecule has 150 valence electrons. The predicted octanol–water partition coefficient (Wildman–Crippen LogP) is 5.01. The number of halogens is 2. The van der Waals surface area contributed by atoms with E-state index in [4.69, 9.17) is 4.42 Å². The van der Waals surface area contributed by atoms with E-state index in [1.165, 1.54) is 18.7 Å². The van der Waals surface area contributed by atoms with Crippen molar-refractivity contribution in [3.05, 3.63) is 72.0 Å². The van der Waals surface area contributed by atoms with Crippen molar-refractivity contribution in [1.29, 1.82) is 0 Å². The van der Waals surface area contributed by atoms with E-state index in [0.29, 0.717) is 28.0 Å². The number of alkyl halides is 1. The summed E-state index contributed by atoms with van der Waals surface area (Å²) in [5.41, 5.74) is 0.433. The van der Waals surface area contributed by atoms with Crippen LogP contribution in [0.15, 0.2) is 53.7 Å². The Hall–Kier alpha value is -2.89. The quantitative estimate of drug-likeness (QED) is 0.563. The van der Waals surface area contributed by atoms with Crippen LogP contribution in [-0.2, 0) is 23.1 Å². The van der Waals surface area contributed by atoms with Crippen LogP contribution in [0.5, 0.6) is 0 Å². The Bertz CT molecular complexity index is 1030. The summed E-state index contributed by atoms with van der Waals surface area (Å²) in [6.07, 6.45) is 7.71. The Morgan fingerprint density at radius 2 is 1.86 bits per heavy atom. The number of ketones is 1. The number of aromatic nitrogens is 2. The maximum atomic E-state index is 14.5. The summed E-state index contributed by atoms with van der Waals surface area (Å²) in [5.74, 6) is 0.0218. The molecule has 29 heavy (non-hydrogen) atoms. The molecule has 0 bridgehead atoms. The van der Waals surface area contributed by atoms with E-state index in [0.717, 1.165) is 12.8 Å². The van der Waals surface area contributed by atoms with Crippen molar-refractivity contribution >= 4 is 5.78 Å². The van der Waals surface area contributed by atoms with Crippen LogP contribution >= 0.6 is 0 Å². The lowest BCUT2D eigenvalue weighted by Crippen LogP contribution is -2.31. The largest absolute Gasteiger partial charge is 0.468 e. The second-order valence-corrected chi connectivity index (χ2v) is 8.20. The summed E-state index contributed by atoms with van der Waals surface area (Å²) in [4.78, 5) is 20.3. The van der Waals surface area contributed by atoms with E-state index < -0.39 is 16.9 Å². The zero-order valence-electron chi connectivity index (χ0n) is 16.4. The van der Waals surface area contributed by atoms with Crippen molar-refractivity contribution in [3.8, 4) is 11.1 Å². The second-order valence-electron chi connectivity index (χ2n) is 8.20. The topological polar surface area (TPSA) is 56.0 Å². The van der Waals surface area contributed by atoms with Gasteiger partial charge in [0.25, 0.3) is 0 Å². The summed E-state index contributed by atoms with van der Waals surface area (Å²) < 4.78 is 34.6. The van der Waals surface area contributed by atoms with Crippen LogP contribution in [0, 0.1) is 5.82 Å². The van der Waals surface area contributed by atoms with E-state index in [9.17, 15) is 13.6 Å². The van der Waals surface area contributed by atoms with Crippen molar-refractivity contribution in [3.63, 3.8) is 0 Å². The first-order chi connectivity index (χ1) is 13.8. The third-order valence-electron chi connectivity index (χ3n) is 5.75. The minimum absolute atomic E-state index is 0.0162. The zero-order chi connectivity index (χ0) is 20.6. The molecule has 2 aromatic heterocycles. The first-order valence-corrected chi connectivity index (χ1v) is 9.61. The van der Waals surface area contributed by atoms with Crippen molar-refractivity contribution in [2.75, 3.05) is 0 Å². The van der Waals surface area contributed by atoms with Crippen molar-refractivity contribution < 1.29 is 18.0 Å². The van der Waals surface area contributed by atoms with Gasteiger partial charge in [0.15, 0.2) is 0 Å². The van der Waals surface area contributed by atoms with Crippen LogP contribution in [-0.4, -0.2) is 21.4 Å². The minimum atomic E-state index is -1.37. The van der Waals surface area contributed by atoms with Gasteiger partial charge < -0.3 is 4.42 Å². The van der Waals surface area contributed by atoms with Crippen LogP contribution in [0.4, 0.5) is 8.78 Å². The van der Waals surface area contributed by atoms with Gasteiger partial charge >= 0.3 is 0 Å². The molecule has 6 heteroatoms. The van der Waals surface area contributed by atoms with E-state index >= 15 is 0 Å². The molecule has 0 atom stereocenters. The van der Waals surface area contributed by atoms with Gasteiger partial charge in [-0.3, -0.25) is 4.79 Å². The predicted molar refractivity (Wildman–Crippen MR) is 105 cm³/mol. The Labute approximate surface area is 168 Å². The number of benzene rings is 1. The molecule has 0 N–H and O–H groups in total. The molecule has 0 spiro atoms. The molecule has 0 radical (unpaired) electrons. The number of furan rings is 1. The van der Waals surface area contributed by atoms with Crippen LogP contribution in [0.2, 0.25) is 0 Å². The molecule has 0 saturated heterocycles. The molecule has 3 aromatic rings. The highest BCUT2D eigenvalue weighted by Crippen LogP contribution is 2.57. The molecule has 0 amide bonds. The Morgan fingerprint density at radius 3 is 2.48 bits per heavy atom. The van der Waals surface area contributed by atoms with Crippen LogP contribution in [0.1, 0.15) is 43.6 Å². The van der Waals surface area contributed by atoms with Crippen LogP contribution in [0.25, 0.3) is 11.1 Å². The van der Waals surface area contributed by atoms with Gasteiger partial charge in [-0.2, -0.15) is 0 Å². The first-order valence-electron chi connectivity index (χ1n) is 9.61. The Morgan fingerprint density at radius 1 is 1.14 bits per heavy atom. The van der Waals surface area contributed by atoms with Gasteiger partial charge in [-0.25, -0.2) is 18.7 Å². The monoisotopic (exact) mass is 396 g/mol. The van der Waals surface area contributed by atoms with Gasteiger partial charge in [-0.05, 0) is 55.5 Å². The molecule has 2 heterocycles. The van der Waals surface area contributed by atoms with E-state index in [1.54, 1.807) is 44.4 Å². The number of carbonyl (C=O) groups is 1. The molecule has 1 fully saturated rings. The molecule has 1 aliphatic rings. The molecule has 1 saturated carbocycles. The van der Waals surface area contributed by atoms with Crippen LogP contribution < -0.4 is 0 Å². The summed E-state index contributed by atoms with van der Waals surface area (Å²) in [6.45, 7) is 3.11. The van der Waals surface area contributed by atoms with Crippen LogP contribution in [0.3, 0.4) is 0 Å². The molecule has 1 aliphatic carbocycles. The van der Waals surface area contributed by atoms with Crippen molar-refractivity contribution in [2.45, 2.75) is 50.6 Å². The standard InChI is InChI=1S/C23H22F2N2O2/c1-22(2,25)23(5-6-23)21-8-15(13-29-21)7-19(28)9-17-4-3-16(10-20(17)24)18-11-26-14-27-12-18/h3-4,8,10-14H,5-7,9H2,1-2H3. The third-order valence-corrected chi connectivity index (χ3v) is 5.75. The fraction of sp³-hybridized carbons (Fsp3) is 0.348. The normalized spacial score (nSPS) is 15.3. The minimum Gasteiger partial charge on any atom is -0.468 e. The van der Waals surface area contributed by atoms with E-state index in [1.807, 2.05) is 0 Å². The average molecular weight is 396 g/mol. The van der Waals surface area contributed by atoms with Gasteiger partial charge in [0, 0.05) is 30.8 Å². The Kier molecular flexibility index (Phi) is 4.81. The maximum absolute atomic E-state index is 14.5. The second kappa shape index (κ2) is 7.17. The number of carbonyl (C=O) groups excluding carboxylic acids is 1. The lowest BCUT2D eigenvalue weighted by atomic mass is 9.86. The maximum Gasteiger partial charge on any atom is 0.141 e. The number of Topliss-reactive ketones (excluding diaryl/α,β-unsaturated/α-hetero) is 1. The highest BCUT2D eigenvalue weighted by molar-refractivity contribution is 5.83. The number of nitrogens with zero attached hydrogens (tertiary/aromatic N) is 2. The molecular formula is C23H22F2N2O2. The van der Waals surface area contributed by atoms with Crippen molar-refractivity contribution in [2.24, 2.45) is 0 Å². The van der Waals surface area contributed by atoms with Crippen molar-refractivity contribution in [1.82, 2.24) is 9.97 Å². The summed E-state index contributed by atoms with van der Waals surface area (Å²) in [5, 5.41) is 0. The summed E-state index contributed by atoms with van der Waals surface area (Å²) in [6, 6.07) is 6.51. The van der Waals surface area contributed by atoms with E-state index in [2.05, 4.69) is 9.97 Å². The third kappa shape index (κ3) is 3.84. The van der Waals surface area contributed by atoms with Gasteiger partial charge in [0.05, 0.1) is 11.7 Å². The Balaban J connectivity index is 1.43. The number of rotatable bonds is 7. The summed E-state index contributed by atoms with van der Waals surface area (Å²) >= 11 is 0. The number of hydrogen-bond acceptors (Lipinski definition) is 4. The molecular weight excluding hydrogens is 374 g/mol. The highest BCUT2D eigenvalue weighted by atomic mass is 19.1. The highest BCUT2D eigenvalue weighted by Gasteiger charge is 2.58. The molecule has 0 aliphatic heterocycles. The zero-order valence-corrected chi connectivity index (χ0v) is 16.4. The smallest absolute Gasteiger partial charge is 0.141 e. The van der Waals surface area contributed by atoms with Gasteiger partial charge in [-0.1, -0.05) is 12.1 Å². The molecule has 1 aromatic carbocycles. The molecule has 0 unspecified atom stereocenters. The van der Waals surface area contributed by atoms with E-state index in [-0.39, 0.29) is 18.6 Å². The summed E-state index contributed by atoms with van der Waals surface area (Å²) in [7, 11) is 0.